The molecule has 1 saturated carbocycles. The van der Waals surface area contributed by atoms with E-state index in [1.807, 2.05) is 14.0 Å². The summed E-state index contributed by atoms with van der Waals surface area (Å²) in [6, 6.07) is 0.364. The van der Waals surface area contributed by atoms with E-state index in [0.717, 1.165) is 56.5 Å². The fourth-order valence-electron chi connectivity index (χ4n) is 4.11. The minimum absolute atomic E-state index is 0. The summed E-state index contributed by atoms with van der Waals surface area (Å²) in [5, 5.41) is 15.5. The summed E-state index contributed by atoms with van der Waals surface area (Å²) >= 11 is 0. The molecule has 3 atom stereocenters. The third kappa shape index (κ3) is 4.26. The van der Waals surface area contributed by atoms with E-state index in [1.54, 1.807) is 0 Å². The molecule has 8 heteroatoms. The number of methoxy groups -OCH3 is 1. The molecule has 0 bridgehead atoms. The number of aromatic nitrogens is 3. The van der Waals surface area contributed by atoms with Crippen molar-refractivity contribution in [1.29, 1.82) is 0 Å². The second-order valence-electron chi connectivity index (χ2n) is 8.46. The molecule has 0 amide bonds. The molecule has 154 valence electrons. The zero-order valence-electron chi connectivity index (χ0n) is 17.5. The zero-order valence-corrected chi connectivity index (χ0v) is 19.8. The van der Waals surface area contributed by atoms with E-state index < -0.39 is 0 Å². The molecule has 1 aromatic rings. The van der Waals surface area contributed by atoms with Crippen LogP contribution in [0.4, 0.5) is 0 Å². The fourth-order valence-corrected chi connectivity index (χ4v) is 4.11. The number of hydrogen-bond acceptors (Lipinski definition) is 4. The molecule has 1 aliphatic carbocycles. The average molecular weight is 490 g/mol. The van der Waals surface area contributed by atoms with Crippen LogP contribution in [-0.2, 0) is 17.7 Å². The van der Waals surface area contributed by atoms with E-state index >= 15 is 0 Å². The van der Waals surface area contributed by atoms with Crippen LogP contribution in [0.15, 0.2) is 4.99 Å². The molecule has 1 aromatic heterocycles. The minimum Gasteiger partial charge on any atom is -0.378 e. The highest BCUT2D eigenvalue weighted by molar-refractivity contribution is 14.0. The van der Waals surface area contributed by atoms with Gasteiger partial charge < -0.3 is 19.9 Å². The van der Waals surface area contributed by atoms with Crippen LogP contribution in [0.5, 0.6) is 0 Å². The summed E-state index contributed by atoms with van der Waals surface area (Å²) in [6.45, 7) is 13.5. The Bertz CT molecular complexity index is 673. The maximum Gasteiger partial charge on any atom is 0.191 e. The van der Waals surface area contributed by atoms with Crippen LogP contribution < -0.4 is 10.6 Å². The third-order valence-electron chi connectivity index (χ3n) is 6.67. The molecule has 2 N–H and O–H groups in total. The summed E-state index contributed by atoms with van der Waals surface area (Å²) < 4.78 is 7.98. The molecule has 27 heavy (non-hydrogen) atoms. The number of guanidine groups is 1. The molecule has 0 aromatic carbocycles. The summed E-state index contributed by atoms with van der Waals surface area (Å²) in [5.74, 6) is 3.57. The van der Waals surface area contributed by atoms with Crippen molar-refractivity contribution in [2.45, 2.75) is 72.1 Å². The maximum absolute atomic E-state index is 5.74. The molecule has 3 unspecified atom stereocenters. The normalized spacial score (nSPS) is 29.3. The number of fused-ring (bicyclic) bond motifs is 1. The van der Waals surface area contributed by atoms with E-state index in [0.29, 0.717) is 12.0 Å². The van der Waals surface area contributed by atoms with E-state index in [-0.39, 0.29) is 35.0 Å². The van der Waals surface area contributed by atoms with Crippen molar-refractivity contribution in [2.24, 2.45) is 16.3 Å². The smallest absolute Gasteiger partial charge is 0.191 e. The van der Waals surface area contributed by atoms with Gasteiger partial charge in [0.25, 0.3) is 0 Å². The van der Waals surface area contributed by atoms with E-state index in [4.69, 9.17) is 9.73 Å². The Kier molecular flexibility index (Phi) is 7.16. The number of rotatable bonds is 5. The van der Waals surface area contributed by atoms with Crippen molar-refractivity contribution in [3.05, 3.63) is 11.6 Å². The number of hydrogen-bond donors (Lipinski definition) is 2. The van der Waals surface area contributed by atoms with Gasteiger partial charge in [-0.25, -0.2) is 0 Å². The Morgan fingerprint density at radius 1 is 1.33 bits per heavy atom. The molecule has 7 nitrogen and oxygen atoms in total. The molecule has 1 fully saturated rings. The Morgan fingerprint density at radius 2 is 2.07 bits per heavy atom. The van der Waals surface area contributed by atoms with Gasteiger partial charge in [0.15, 0.2) is 5.96 Å². The Morgan fingerprint density at radius 3 is 2.70 bits per heavy atom. The average Bonchev–Trinajstić information content (AvgIpc) is 2.99. The fraction of sp³-hybridized carbons (Fsp3) is 0.842. The molecule has 0 saturated heterocycles. The highest BCUT2D eigenvalue weighted by Crippen LogP contribution is 2.51. The van der Waals surface area contributed by atoms with Crippen molar-refractivity contribution in [3.8, 4) is 0 Å². The lowest BCUT2D eigenvalue weighted by atomic mass is 9.56. The number of aliphatic imine (C=N–C) groups is 1. The lowest BCUT2D eigenvalue weighted by Gasteiger charge is -2.59. The number of aryl methyl sites for hydroxylation is 2. The summed E-state index contributed by atoms with van der Waals surface area (Å²) in [5.41, 5.74) is -0.00894. The van der Waals surface area contributed by atoms with Gasteiger partial charge in [-0.3, -0.25) is 4.99 Å². The third-order valence-corrected chi connectivity index (χ3v) is 6.67. The Labute approximate surface area is 180 Å². The van der Waals surface area contributed by atoms with Gasteiger partial charge in [0, 0.05) is 44.6 Å². The van der Waals surface area contributed by atoms with Gasteiger partial charge in [-0.15, -0.1) is 34.2 Å². The second-order valence-corrected chi connectivity index (χ2v) is 8.46. The van der Waals surface area contributed by atoms with Crippen molar-refractivity contribution in [1.82, 2.24) is 25.4 Å². The molecule has 1 aliphatic heterocycles. The number of nitrogens with one attached hydrogen (secondary N) is 2. The predicted molar refractivity (Wildman–Crippen MR) is 119 cm³/mol. The van der Waals surface area contributed by atoms with Gasteiger partial charge in [0.05, 0.1) is 5.60 Å². The molecule has 2 heterocycles. The molecular formula is C19H35IN6O. The second kappa shape index (κ2) is 8.63. The van der Waals surface area contributed by atoms with E-state index in [2.05, 4.69) is 53.1 Å². The van der Waals surface area contributed by atoms with Gasteiger partial charge in [-0.2, -0.15) is 0 Å². The van der Waals surface area contributed by atoms with Crippen molar-refractivity contribution >= 4 is 29.9 Å². The first-order chi connectivity index (χ1) is 12.3. The van der Waals surface area contributed by atoms with Gasteiger partial charge in [0.1, 0.15) is 11.6 Å². The molecule has 0 spiro atoms. The zero-order chi connectivity index (χ0) is 18.9. The van der Waals surface area contributed by atoms with Gasteiger partial charge in [-0.1, -0.05) is 13.8 Å². The van der Waals surface area contributed by atoms with Crippen LogP contribution in [0, 0.1) is 18.3 Å². The highest BCUT2D eigenvalue weighted by atomic mass is 127. The quantitative estimate of drug-likeness (QED) is 0.377. The molecule has 0 radical (unpaired) electrons. The first-order valence-electron chi connectivity index (χ1n) is 9.79. The Hall–Kier alpha value is -0.900. The van der Waals surface area contributed by atoms with Gasteiger partial charge in [0.2, 0.25) is 0 Å². The van der Waals surface area contributed by atoms with Crippen LogP contribution in [0.2, 0.25) is 0 Å². The number of nitrogens with zero attached hydrogens (tertiary/aromatic N) is 4. The summed E-state index contributed by atoms with van der Waals surface area (Å²) in [7, 11) is 1.81. The lowest BCUT2D eigenvalue weighted by Crippen LogP contribution is -2.69. The van der Waals surface area contributed by atoms with Crippen LogP contribution in [0.1, 0.15) is 52.2 Å². The Balaban J connectivity index is 0.00000261. The van der Waals surface area contributed by atoms with Gasteiger partial charge in [-0.05, 0) is 39.5 Å². The maximum atomic E-state index is 5.74. The molecular weight excluding hydrogens is 455 g/mol. The van der Waals surface area contributed by atoms with E-state index in [9.17, 15) is 0 Å². The van der Waals surface area contributed by atoms with Crippen molar-refractivity contribution < 1.29 is 4.74 Å². The molecule has 3 rings (SSSR count). The number of ether oxygens (including phenoxy) is 1. The summed E-state index contributed by atoms with van der Waals surface area (Å²) in [4.78, 5) is 4.88. The standard InChI is InChI=1S/C19H34N6O.HI/c1-7-20-17(22-15-10-19(5,26-6)18(15,3)4)21-11-14-8-9-16-24-23-13(2)25(16)12-14;/h14-15H,7-12H2,1-6H3,(H2,20,21,22);1H. The van der Waals surface area contributed by atoms with Crippen LogP contribution in [0.25, 0.3) is 0 Å². The van der Waals surface area contributed by atoms with Crippen molar-refractivity contribution in [2.75, 3.05) is 20.2 Å². The SMILES string of the molecule is CCNC(=NCC1CCc2nnc(C)n2C1)NC1CC(C)(OC)C1(C)C.I. The van der Waals surface area contributed by atoms with Gasteiger partial charge >= 0.3 is 0 Å². The summed E-state index contributed by atoms with van der Waals surface area (Å²) in [6.07, 6.45) is 3.11. The predicted octanol–water partition coefficient (Wildman–Crippen LogP) is 2.53. The molecule has 2 aliphatic rings. The topological polar surface area (TPSA) is 76.4 Å². The first-order valence-corrected chi connectivity index (χ1v) is 9.79. The van der Waals surface area contributed by atoms with Crippen LogP contribution in [0.3, 0.4) is 0 Å². The highest BCUT2D eigenvalue weighted by Gasteiger charge is 2.58. The largest absolute Gasteiger partial charge is 0.378 e. The lowest BCUT2D eigenvalue weighted by molar-refractivity contribution is -0.176. The van der Waals surface area contributed by atoms with Crippen LogP contribution >= 0.6 is 24.0 Å². The van der Waals surface area contributed by atoms with Crippen LogP contribution in [-0.4, -0.2) is 52.6 Å². The van der Waals surface area contributed by atoms with E-state index in [1.165, 1.54) is 0 Å². The van der Waals surface area contributed by atoms with Crippen molar-refractivity contribution in [3.63, 3.8) is 0 Å². The first kappa shape index (κ1) is 22.4. The monoisotopic (exact) mass is 490 g/mol. The minimum atomic E-state index is -0.0757. The number of halogens is 1.